The quantitative estimate of drug-likeness (QED) is 0.691. The lowest BCUT2D eigenvalue weighted by Gasteiger charge is -2.15. The van der Waals surface area contributed by atoms with Gasteiger partial charge in [0.2, 0.25) is 0 Å². The zero-order chi connectivity index (χ0) is 10.6. The van der Waals surface area contributed by atoms with Crippen molar-refractivity contribution in [2.24, 2.45) is 0 Å². The number of benzene rings is 1. The van der Waals surface area contributed by atoms with Crippen molar-refractivity contribution in [1.82, 2.24) is 0 Å². The number of hydrogen-bond donors (Lipinski definition) is 0. The van der Waals surface area contributed by atoms with Crippen LogP contribution in [0.15, 0.2) is 18.2 Å². The summed E-state index contributed by atoms with van der Waals surface area (Å²) in [7, 11) is 3.09. The molecule has 0 fully saturated rings. The molecule has 0 aliphatic carbocycles. The molecule has 0 aromatic heterocycles. The van der Waals surface area contributed by atoms with Gasteiger partial charge in [-0.1, -0.05) is 12.1 Å². The van der Waals surface area contributed by atoms with Crippen LogP contribution in [0.4, 0.5) is 4.39 Å². The summed E-state index contributed by atoms with van der Waals surface area (Å²) in [5, 5.41) is 0. The van der Waals surface area contributed by atoms with E-state index in [1.54, 1.807) is 20.3 Å². The van der Waals surface area contributed by atoms with E-state index < -0.39 is 0 Å². The summed E-state index contributed by atoms with van der Waals surface area (Å²) in [6.07, 6.45) is 0.0523. The third kappa shape index (κ3) is 2.53. The van der Waals surface area contributed by atoms with E-state index in [1.807, 2.05) is 13.0 Å². The van der Waals surface area contributed by atoms with Gasteiger partial charge in [0.25, 0.3) is 0 Å². The number of rotatable bonds is 4. The van der Waals surface area contributed by atoms with Crippen LogP contribution in [0.1, 0.15) is 11.1 Å². The van der Waals surface area contributed by atoms with Gasteiger partial charge in [-0.05, 0) is 24.1 Å². The smallest absolute Gasteiger partial charge is 0.160 e. The van der Waals surface area contributed by atoms with E-state index in [2.05, 4.69) is 0 Å². The van der Waals surface area contributed by atoms with Crippen molar-refractivity contribution in [2.45, 2.75) is 19.6 Å². The first-order chi connectivity index (χ1) is 6.69. The summed E-state index contributed by atoms with van der Waals surface area (Å²) in [6, 6.07) is 5.02. The van der Waals surface area contributed by atoms with Crippen LogP contribution in [0.25, 0.3) is 0 Å². The normalized spacial score (nSPS) is 10.9. The molecule has 0 bridgehead atoms. The summed E-state index contributed by atoms with van der Waals surface area (Å²) >= 11 is 0. The first kappa shape index (κ1) is 11.1. The Morgan fingerprint density at radius 1 is 1.29 bits per heavy atom. The second-order valence-electron chi connectivity index (χ2n) is 3.14. The highest BCUT2D eigenvalue weighted by Gasteiger charge is 2.12. The fourth-order valence-corrected chi connectivity index (χ4v) is 1.35. The van der Waals surface area contributed by atoms with Gasteiger partial charge >= 0.3 is 0 Å². The minimum Gasteiger partial charge on any atom is -0.356 e. The topological polar surface area (TPSA) is 18.5 Å². The lowest BCUT2D eigenvalue weighted by molar-refractivity contribution is -0.101. The van der Waals surface area contributed by atoms with Gasteiger partial charge in [-0.3, -0.25) is 0 Å². The molecule has 0 unspecified atom stereocenters. The Labute approximate surface area is 83.6 Å². The zero-order valence-corrected chi connectivity index (χ0v) is 8.71. The highest BCUT2D eigenvalue weighted by Crippen LogP contribution is 2.15. The Hall–Kier alpha value is -0.930. The van der Waals surface area contributed by atoms with Gasteiger partial charge in [0, 0.05) is 20.6 Å². The Kier molecular flexibility index (Phi) is 4.04. The first-order valence-corrected chi connectivity index (χ1v) is 4.48. The van der Waals surface area contributed by atoms with Crippen LogP contribution in [0, 0.1) is 12.7 Å². The van der Waals surface area contributed by atoms with Crippen LogP contribution in [-0.4, -0.2) is 20.5 Å². The van der Waals surface area contributed by atoms with Crippen LogP contribution < -0.4 is 0 Å². The van der Waals surface area contributed by atoms with Crippen molar-refractivity contribution in [3.8, 4) is 0 Å². The average Bonchev–Trinajstić information content (AvgIpc) is 2.18. The van der Waals surface area contributed by atoms with Crippen molar-refractivity contribution >= 4 is 0 Å². The summed E-state index contributed by atoms with van der Waals surface area (Å²) < 4.78 is 23.4. The Bertz CT molecular complexity index is 275. The molecule has 1 aromatic carbocycles. The molecular weight excluding hydrogens is 183 g/mol. The minimum atomic E-state index is -0.384. The number of ether oxygens (including phenoxy) is 2. The molecule has 0 atom stereocenters. The monoisotopic (exact) mass is 198 g/mol. The van der Waals surface area contributed by atoms with Gasteiger partial charge in [0.05, 0.1) is 0 Å². The number of halogens is 1. The maximum absolute atomic E-state index is 13.4. The van der Waals surface area contributed by atoms with Crippen molar-refractivity contribution in [3.05, 3.63) is 35.1 Å². The maximum atomic E-state index is 13.4. The van der Waals surface area contributed by atoms with Gasteiger partial charge in [-0.15, -0.1) is 0 Å². The predicted octanol–water partition coefficient (Wildman–Crippen LogP) is 2.30. The molecule has 14 heavy (non-hydrogen) atoms. The van der Waals surface area contributed by atoms with Gasteiger partial charge in [-0.2, -0.15) is 0 Å². The van der Waals surface area contributed by atoms with Crippen LogP contribution >= 0.6 is 0 Å². The lowest BCUT2D eigenvalue weighted by atomic mass is 10.1. The largest absolute Gasteiger partial charge is 0.356 e. The SMILES string of the molecule is COC(Cc1c(C)cccc1F)OC. The second kappa shape index (κ2) is 5.08. The maximum Gasteiger partial charge on any atom is 0.160 e. The number of hydrogen-bond acceptors (Lipinski definition) is 2. The molecule has 0 aliphatic rings. The van der Waals surface area contributed by atoms with Crippen molar-refractivity contribution in [1.29, 1.82) is 0 Å². The molecule has 0 saturated heterocycles. The van der Waals surface area contributed by atoms with E-state index in [0.717, 1.165) is 5.56 Å². The van der Waals surface area contributed by atoms with Gasteiger partial charge in [0.1, 0.15) is 5.82 Å². The highest BCUT2D eigenvalue weighted by molar-refractivity contribution is 5.27. The second-order valence-corrected chi connectivity index (χ2v) is 3.14. The molecule has 0 N–H and O–H groups in total. The molecule has 0 amide bonds. The molecule has 2 nitrogen and oxygen atoms in total. The Morgan fingerprint density at radius 3 is 2.43 bits per heavy atom. The zero-order valence-electron chi connectivity index (χ0n) is 8.71. The van der Waals surface area contributed by atoms with Gasteiger partial charge in [0.15, 0.2) is 6.29 Å². The van der Waals surface area contributed by atoms with E-state index in [0.29, 0.717) is 12.0 Å². The number of aryl methyl sites for hydroxylation is 1. The number of methoxy groups -OCH3 is 2. The fraction of sp³-hybridized carbons (Fsp3) is 0.455. The fourth-order valence-electron chi connectivity index (χ4n) is 1.35. The van der Waals surface area contributed by atoms with Crippen LogP contribution in [0.2, 0.25) is 0 Å². The third-order valence-electron chi connectivity index (χ3n) is 2.25. The van der Waals surface area contributed by atoms with Crippen molar-refractivity contribution in [3.63, 3.8) is 0 Å². The summed E-state index contributed by atoms with van der Waals surface area (Å²) in [5.74, 6) is -0.205. The molecule has 1 aromatic rings. The van der Waals surface area contributed by atoms with Crippen LogP contribution in [-0.2, 0) is 15.9 Å². The molecule has 1 rings (SSSR count). The molecule has 0 aliphatic heterocycles. The molecule has 3 heteroatoms. The van der Waals surface area contributed by atoms with E-state index in [4.69, 9.17) is 9.47 Å². The summed E-state index contributed by atoms with van der Waals surface area (Å²) in [6.45, 7) is 1.88. The average molecular weight is 198 g/mol. The third-order valence-corrected chi connectivity index (χ3v) is 2.25. The van der Waals surface area contributed by atoms with Gasteiger partial charge in [-0.25, -0.2) is 4.39 Å². The lowest BCUT2D eigenvalue weighted by Crippen LogP contribution is -2.17. The summed E-state index contributed by atoms with van der Waals surface area (Å²) in [5.41, 5.74) is 1.57. The molecule has 0 radical (unpaired) electrons. The molecule has 0 heterocycles. The predicted molar refractivity (Wildman–Crippen MR) is 52.6 cm³/mol. The highest BCUT2D eigenvalue weighted by atomic mass is 19.1. The Morgan fingerprint density at radius 2 is 1.93 bits per heavy atom. The van der Waals surface area contributed by atoms with Crippen molar-refractivity contribution < 1.29 is 13.9 Å². The van der Waals surface area contributed by atoms with E-state index in [-0.39, 0.29) is 12.1 Å². The van der Waals surface area contributed by atoms with E-state index in [1.165, 1.54) is 6.07 Å². The molecule has 78 valence electrons. The van der Waals surface area contributed by atoms with Crippen molar-refractivity contribution in [2.75, 3.05) is 14.2 Å². The molecule has 0 spiro atoms. The Balaban J connectivity index is 2.84. The van der Waals surface area contributed by atoms with Crippen LogP contribution in [0.5, 0.6) is 0 Å². The first-order valence-electron chi connectivity index (χ1n) is 4.48. The minimum absolute atomic E-state index is 0.205. The molecule has 0 saturated carbocycles. The van der Waals surface area contributed by atoms with E-state index in [9.17, 15) is 4.39 Å². The summed E-state index contributed by atoms with van der Waals surface area (Å²) in [4.78, 5) is 0. The standard InChI is InChI=1S/C11H15FO2/c1-8-5-4-6-10(12)9(8)7-11(13-2)14-3/h4-6,11H,7H2,1-3H3. The van der Waals surface area contributed by atoms with E-state index >= 15 is 0 Å². The molecular formula is C11H15FO2. The van der Waals surface area contributed by atoms with Crippen LogP contribution in [0.3, 0.4) is 0 Å². The van der Waals surface area contributed by atoms with Gasteiger partial charge < -0.3 is 9.47 Å².